The Labute approximate surface area is 230 Å². The molecule has 8 heteroatoms. The first kappa shape index (κ1) is 32.6. The number of hydrogen-bond donors (Lipinski definition) is 0. The smallest absolute Gasteiger partial charge is 0.494 e. The molecular weight excluding hydrogens is 495 g/mol. The van der Waals surface area contributed by atoms with Crippen LogP contribution in [0.2, 0.25) is 36.3 Å². The highest BCUT2D eigenvalue weighted by Gasteiger charge is 2.51. The highest BCUT2D eigenvalue weighted by molar-refractivity contribution is 6.74. The van der Waals surface area contributed by atoms with Crippen molar-refractivity contribution < 1.29 is 22.9 Å². The number of benzene rings is 1. The summed E-state index contributed by atoms with van der Waals surface area (Å²) in [5.41, 5.74) is 0.316. The van der Waals surface area contributed by atoms with Crippen LogP contribution in [0.4, 0.5) is 0 Å². The summed E-state index contributed by atoms with van der Waals surface area (Å²) in [6, 6.07) is 8.09. The van der Waals surface area contributed by atoms with E-state index in [9.17, 15) is 0 Å². The van der Waals surface area contributed by atoms with Crippen LogP contribution in [0, 0.1) is 5.92 Å². The largest absolute Gasteiger partial charge is 0.494 e. The van der Waals surface area contributed by atoms with Crippen molar-refractivity contribution in [3.05, 3.63) is 24.3 Å². The summed E-state index contributed by atoms with van der Waals surface area (Å²) in [7, 11) is -4.02. The lowest BCUT2D eigenvalue weighted by molar-refractivity contribution is 0.00578. The van der Waals surface area contributed by atoms with Crippen molar-refractivity contribution in [2.75, 3.05) is 19.8 Å². The van der Waals surface area contributed by atoms with E-state index in [4.69, 9.17) is 22.9 Å². The number of rotatable bonds is 11. The van der Waals surface area contributed by atoms with E-state index in [1.807, 2.05) is 24.3 Å². The highest BCUT2D eigenvalue weighted by atomic mass is 28.4. The lowest BCUT2D eigenvalue weighted by atomic mass is 9.79. The van der Waals surface area contributed by atoms with E-state index in [0.717, 1.165) is 30.8 Å². The minimum Gasteiger partial charge on any atom is -0.494 e. The van der Waals surface area contributed by atoms with Gasteiger partial charge in [0.1, 0.15) is 5.75 Å². The predicted octanol–water partition coefficient (Wildman–Crippen LogP) is 7.41. The fourth-order valence-electron chi connectivity index (χ4n) is 3.34. The molecule has 0 atom stereocenters. The Hall–Kier alpha value is -0.641. The van der Waals surface area contributed by atoms with Gasteiger partial charge in [0.2, 0.25) is 0 Å². The Kier molecular flexibility index (Phi) is 10.1. The predicted molar refractivity (Wildman–Crippen MR) is 162 cm³/mol. The molecular formula is C29H55BO5Si2. The van der Waals surface area contributed by atoms with Crippen LogP contribution in [-0.4, -0.2) is 54.8 Å². The Morgan fingerprint density at radius 2 is 1.16 bits per heavy atom. The maximum atomic E-state index is 6.61. The van der Waals surface area contributed by atoms with E-state index in [0.29, 0.717) is 12.5 Å². The standard InChI is InChI=1S/C29H55BO5Si2/c1-26(2,3)36(11,12)32-21-23(22-33-37(13,14)27(4,5)6)19-20-31-25-17-15-24(16-18-25)30-34-28(7,8)29(9,10)35-30/h15-18,23H,19-22H2,1-14H3. The molecule has 0 aliphatic carbocycles. The quantitative estimate of drug-likeness (QED) is 0.269. The summed E-state index contributed by atoms with van der Waals surface area (Å²) >= 11 is 0. The molecule has 1 fully saturated rings. The normalized spacial score (nSPS) is 18.5. The molecule has 1 heterocycles. The molecule has 0 amide bonds. The number of hydrogen-bond acceptors (Lipinski definition) is 5. The molecule has 1 saturated heterocycles. The van der Waals surface area contributed by atoms with Crippen LogP contribution < -0.4 is 10.2 Å². The Morgan fingerprint density at radius 3 is 1.54 bits per heavy atom. The monoisotopic (exact) mass is 550 g/mol. The first-order valence-corrected chi connectivity index (χ1v) is 19.8. The van der Waals surface area contributed by atoms with Crippen molar-refractivity contribution in [1.82, 2.24) is 0 Å². The average molecular weight is 551 g/mol. The van der Waals surface area contributed by atoms with E-state index in [1.54, 1.807) is 0 Å². The molecule has 2 rings (SSSR count). The van der Waals surface area contributed by atoms with Crippen LogP contribution in [0.15, 0.2) is 24.3 Å². The van der Waals surface area contributed by atoms with Gasteiger partial charge in [0.25, 0.3) is 0 Å². The molecule has 0 spiro atoms. The maximum Gasteiger partial charge on any atom is 0.494 e. The van der Waals surface area contributed by atoms with Gasteiger partial charge in [-0.1, -0.05) is 53.7 Å². The second kappa shape index (κ2) is 11.5. The molecule has 0 unspecified atom stereocenters. The summed E-state index contributed by atoms with van der Waals surface area (Å²) in [5, 5.41) is 0.376. The lowest BCUT2D eigenvalue weighted by Crippen LogP contribution is -2.44. The summed E-state index contributed by atoms with van der Waals surface area (Å²) in [6.45, 7) is 33.4. The summed E-state index contributed by atoms with van der Waals surface area (Å²) in [6.07, 6.45) is 0.891. The Morgan fingerprint density at radius 1 is 0.757 bits per heavy atom. The molecule has 5 nitrogen and oxygen atoms in total. The van der Waals surface area contributed by atoms with Crippen LogP contribution in [0.5, 0.6) is 5.75 Å². The second-order valence-electron chi connectivity index (χ2n) is 14.8. The van der Waals surface area contributed by atoms with E-state index < -0.39 is 16.6 Å². The van der Waals surface area contributed by atoms with Crippen molar-refractivity contribution >= 4 is 29.2 Å². The summed E-state index contributed by atoms with van der Waals surface area (Å²) < 4.78 is 31.7. The first-order chi connectivity index (χ1) is 16.6. The van der Waals surface area contributed by atoms with E-state index in [1.165, 1.54) is 0 Å². The van der Waals surface area contributed by atoms with Crippen molar-refractivity contribution in [3.8, 4) is 5.75 Å². The van der Waals surface area contributed by atoms with E-state index in [-0.39, 0.29) is 28.4 Å². The third-order valence-electron chi connectivity index (χ3n) is 9.17. The van der Waals surface area contributed by atoms with Gasteiger partial charge in [0.05, 0.1) is 17.8 Å². The molecule has 0 radical (unpaired) electrons. The highest BCUT2D eigenvalue weighted by Crippen LogP contribution is 2.39. The molecule has 1 aliphatic rings. The van der Waals surface area contributed by atoms with Crippen LogP contribution in [0.1, 0.15) is 75.7 Å². The van der Waals surface area contributed by atoms with Gasteiger partial charge < -0.3 is 22.9 Å². The van der Waals surface area contributed by atoms with Gasteiger partial charge in [0.15, 0.2) is 16.6 Å². The molecule has 0 bridgehead atoms. The molecule has 1 aliphatic heterocycles. The third kappa shape index (κ3) is 8.42. The van der Waals surface area contributed by atoms with Crippen LogP contribution in [0.25, 0.3) is 0 Å². The van der Waals surface area contributed by atoms with Crippen molar-refractivity contribution in [3.63, 3.8) is 0 Å². The Bertz CT molecular complexity index is 824. The lowest BCUT2D eigenvalue weighted by Gasteiger charge is -2.39. The maximum absolute atomic E-state index is 6.61. The molecule has 0 N–H and O–H groups in total. The minimum absolute atomic E-state index is 0.188. The number of ether oxygens (including phenoxy) is 1. The summed E-state index contributed by atoms with van der Waals surface area (Å²) in [5.74, 6) is 1.15. The van der Waals surface area contributed by atoms with Gasteiger partial charge >= 0.3 is 7.12 Å². The fourth-order valence-corrected chi connectivity index (χ4v) is 5.51. The zero-order valence-corrected chi connectivity index (χ0v) is 28.3. The van der Waals surface area contributed by atoms with Crippen LogP contribution in [0.3, 0.4) is 0 Å². The SMILES string of the molecule is CC1(C)OB(c2ccc(OCCC(CO[Si](C)(C)C(C)(C)C)CO[Si](C)(C)C(C)(C)C)cc2)OC1(C)C. The second-order valence-corrected chi connectivity index (χ2v) is 24.4. The molecule has 1 aromatic carbocycles. The molecule has 0 saturated carbocycles. The molecule has 1 aromatic rings. The zero-order chi connectivity index (χ0) is 28.5. The third-order valence-corrected chi connectivity index (χ3v) is 18.2. The van der Waals surface area contributed by atoms with E-state index in [2.05, 4.69) is 95.4 Å². The van der Waals surface area contributed by atoms with Crippen molar-refractivity contribution in [2.24, 2.45) is 5.92 Å². The summed E-state index contributed by atoms with van der Waals surface area (Å²) in [4.78, 5) is 0. The van der Waals surface area contributed by atoms with Crippen LogP contribution in [-0.2, 0) is 18.2 Å². The first-order valence-electron chi connectivity index (χ1n) is 13.9. The Balaban J connectivity index is 1.99. The van der Waals surface area contributed by atoms with Gasteiger partial charge in [-0.3, -0.25) is 0 Å². The fraction of sp³-hybridized carbons (Fsp3) is 0.793. The average Bonchev–Trinajstić information content (AvgIpc) is 2.95. The van der Waals surface area contributed by atoms with Crippen LogP contribution >= 0.6 is 0 Å². The zero-order valence-electron chi connectivity index (χ0n) is 26.3. The van der Waals surface area contributed by atoms with Crippen molar-refractivity contribution in [1.29, 1.82) is 0 Å². The van der Waals surface area contributed by atoms with Gasteiger partial charge in [-0.25, -0.2) is 0 Å². The van der Waals surface area contributed by atoms with E-state index >= 15 is 0 Å². The molecule has 37 heavy (non-hydrogen) atoms. The minimum atomic E-state index is -1.83. The van der Waals surface area contributed by atoms with Gasteiger partial charge in [0, 0.05) is 19.1 Å². The topological polar surface area (TPSA) is 46.2 Å². The van der Waals surface area contributed by atoms with Gasteiger partial charge in [-0.05, 0) is 88.0 Å². The van der Waals surface area contributed by atoms with Gasteiger partial charge in [-0.15, -0.1) is 0 Å². The molecule has 0 aromatic heterocycles. The van der Waals surface area contributed by atoms with Gasteiger partial charge in [-0.2, -0.15) is 0 Å². The van der Waals surface area contributed by atoms with Crippen molar-refractivity contribution in [2.45, 2.75) is 123 Å². The molecule has 212 valence electrons.